The lowest BCUT2D eigenvalue weighted by Crippen LogP contribution is -2.30. The van der Waals surface area contributed by atoms with Crippen molar-refractivity contribution in [3.05, 3.63) is 59.2 Å². The van der Waals surface area contributed by atoms with Crippen LogP contribution >= 0.6 is 0 Å². The molecule has 0 saturated heterocycles. The van der Waals surface area contributed by atoms with E-state index in [2.05, 4.69) is 10.8 Å². The number of rotatable bonds is 7. The van der Waals surface area contributed by atoms with E-state index in [1.54, 1.807) is 13.1 Å². The maximum absolute atomic E-state index is 12.4. The van der Waals surface area contributed by atoms with E-state index in [4.69, 9.17) is 4.74 Å². The van der Waals surface area contributed by atoms with Gasteiger partial charge in [0.2, 0.25) is 0 Å². The van der Waals surface area contributed by atoms with Crippen molar-refractivity contribution in [1.82, 2.24) is 4.90 Å². The van der Waals surface area contributed by atoms with Gasteiger partial charge in [-0.2, -0.15) is 8.78 Å². The summed E-state index contributed by atoms with van der Waals surface area (Å²) in [6.07, 6.45) is 0. The zero-order chi connectivity index (χ0) is 18.4. The van der Waals surface area contributed by atoms with Gasteiger partial charge in [0.1, 0.15) is 18.1 Å². The van der Waals surface area contributed by atoms with Gasteiger partial charge < -0.3 is 14.4 Å². The molecule has 134 valence electrons. The van der Waals surface area contributed by atoms with E-state index in [1.807, 2.05) is 26.0 Å². The molecule has 0 spiro atoms. The largest absolute Gasteiger partial charge is 0.492 e. The van der Waals surface area contributed by atoms with Crippen LogP contribution in [0.15, 0.2) is 42.5 Å². The Kier molecular flexibility index (Phi) is 6.33. The van der Waals surface area contributed by atoms with Crippen LogP contribution in [0.1, 0.15) is 21.5 Å². The Morgan fingerprint density at radius 2 is 1.76 bits per heavy atom. The first kappa shape index (κ1) is 18.7. The number of amides is 1. The highest BCUT2D eigenvalue weighted by molar-refractivity contribution is 5.94. The van der Waals surface area contributed by atoms with Gasteiger partial charge in [-0.1, -0.05) is 12.1 Å². The molecule has 2 aromatic carbocycles. The number of hydrogen-bond donors (Lipinski definition) is 0. The molecule has 4 nitrogen and oxygen atoms in total. The first-order chi connectivity index (χ1) is 11.8. The lowest BCUT2D eigenvalue weighted by Gasteiger charge is -2.18. The average molecular weight is 349 g/mol. The van der Waals surface area contributed by atoms with Gasteiger partial charge in [0.25, 0.3) is 5.91 Å². The SMILES string of the molecule is Cc1cc(C)cc(OCCN(C)C(=O)c2cccc(OC(F)F)c2)c1. The lowest BCUT2D eigenvalue weighted by molar-refractivity contribution is -0.0499. The topological polar surface area (TPSA) is 38.8 Å². The molecule has 25 heavy (non-hydrogen) atoms. The van der Waals surface area contributed by atoms with Gasteiger partial charge >= 0.3 is 6.61 Å². The highest BCUT2D eigenvalue weighted by Gasteiger charge is 2.13. The summed E-state index contributed by atoms with van der Waals surface area (Å²) < 4.78 is 34.5. The van der Waals surface area contributed by atoms with Gasteiger partial charge in [-0.25, -0.2) is 0 Å². The van der Waals surface area contributed by atoms with Crippen molar-refractivity contribution in [3.8, 4) is 11.5 Å². The van der Waals surface area contributed by atoms with Crippen LogP contribution < -0.4 is 9.47 Å². The van der Waals surface area contributed by atoms with Gasteiger partial charge in [0, 0.05) is 12.6 Å². The molecule has 6 heteroatoms. The Labute approximate surface area is 146 Å². The molecule has 0 aliphatic rings. The van der Waals surface area contributed by atoms with Crippen LogP contribution in [0.4, 0.5) is 8.78 Å². The summed E-state index contributed by atoms with van der Waals surface area (Å²) in [6, 6.07) is 11.7. The smallest absolute Gasteiger partial charge is 0.387 e. The van der Waals surface area contributed by atoms with Gasteiger partial charge in [0.05, 0.1) is 6.54 Å². The summed E-state index contributed by atoms with van der Waals surface area (Å²) in [5.74, 6) is 0.426. The molecule has 0 aromatic heterocycles. The molecule has 0 saturated carbocycles. The van der Waals surface area contributed by atoms with Gasteiger partial charge in [0.15, 0.2) is 0 Å². The molecular weight excluding hydrogens is 328 g/mol. The highest BCUT2D eigenvalue weighted by Crippen LogP contribution is 2.18. The number of alkyl halides is 2. The molecule has 0 heterocycles. The zero-order valence-electron chi connectivity index (χ0n) is 14.5. The van der Waals surface area contributed by atoms with Crippen LogP contribution in [0.2, 0.25) is 0 Å². The number of aryl methyl sites for hydroxylation is 2. The van der Waals surface area contributed by atoms with Crippen molar-refractivity contribution in [1.29, 1.82) is 0 Å². The van der Waals surface area contributed by atoms with Crippen LogP contribution in [0.25, 0.3) is 0 Å². The third kappa shape index (κ3) is 5.74. The van der Waals surface area contributed by atoms with E-state index in [0.717, 1.165) is 16.9 Å². The summed E-state index contributed by atoms with van der Waals surface area (Å²) >= 11 is 0. The molecule has 0 aliphatic carbocycles. The van der Waals surface area contributed by atoms with E-state index >= 15 is 0 Å². The maximum atomic E-state index is 12.4. The molecule has 0 radical (unpaired) electrons. The number of likely N-dealkylation sites (N-methyl/N-ethyl adjacent to an activating group) is 1. The van der Waals surface area contributed by atoms with Crippen molar-refractivity contribution in [3.63, 3.8) is 0 Å². The minimum atomic E-state index is -2.92. The molecular formula is C19H21F2NO3. The molecule has 0 aliphatic heterocycles. The number of ether oxygens (including phenoxy) is 2. The average Bonchev–Trinajstić information content (AvgIpc) is 2.52. The molecule has 0 N–H and O–H groups in total. The van der Waals surface area contributed by atoms with Crippen molar-refractivity contribution in [2.75, 3.05) is 20.2 Å². The van der Waals surface area contributed by atoms with E-state index in [0.29, 0.717) is 13.2 Å². The normalized spacial score (nSPS) is 10.6. The number of benzene rings is 2. The van der Waals surface area contributed by atoms with Crippen LogP contribution in [0.5, 0.6) is 11.5 Å². The number of nitrogens with zero attached hydrogens (tertiary/aromatic N) is 1. The number of carbonyl (C=O) groups is 1. The Balaban J connectivity index is 1.91. The third-order valence-electron chi connectivity index (χ3n) is 3.54. The summed E-state index contributed by atoms with van der Waals surface area (Å²) in [5, 5.41) is 0. The molecule has 1 amide bonds. The van der Waals surface area contributed by atoms with E-state index in [9.17, 15) is 13.6 Å². The standard InChI is InChI=1S/C19H21F2NO3/c1-13-9-14(2)11-17(10-13)24-8-7-22(3)18(23)15-5-4-6-16(12-15)25-19(20)21/h4-6,9-12,19H,7-8H2,1-3H3. The summed E-state index contributed by atoms with van der Waals surface area (Å²) in [7, 11) is 1.63. The van der Waals surface area contributed by atoms with Gasteiger partial charge in [-0.3, -0.25) is 4.79 Å². The minimum Gasteiger partial charge on any atom is -0.492 e. The molecule has 0 fully saturated rings. The zero-order valence-corrected chi connectivity index (χ0v) is 14.5. The fraction of sp³-hybridized carbons (Fsp3) is 0.316. The van der Waals surface area contributed by atoms with Crippen molar-refractivity contribution in [2.24, 2.45) is 0 Å². The number of hydrogen-bond acceptors (Lipinski definition) is 3. The van der Waals surface area contributed by atoms with E-state index in [1.165, 1.54) is 23.1 Å². The Hall–Kier alpha value is -2.63. The molecule has 0 atom stereocenters. The van der Waals surface area contributed by atoms with E-state index < -0.39 is 6.61 Å². The van der Waals surface area contributed by atoms with Gasteiger partial charge in [-0.15, -0.1) is 0 Å². The van der Waals surface area contributed by atoms with Crippen molar-refractivity contribution in [2.45, 2.75) is 20.5 Å². The van der Waals surface area contributed by atoms with Crippen molar-refractivity contribution < 1.29 is 23.0 Å². The summed E-state index contributed by atoms with van der Waals surface area (Å²) in [5.41, 5.74) is 2.50. The van der Waals surface area contributed by atoms with Crippen LogP contribution in [0.3, 0.4) is 0 Å². The molecule has 0 unspecified atom stereocenters. The number of halogens is 2. The second-order valence-electron chi connectivity index (χ2n) is 5.80. The maximum Gasteiger partial charge on any atom is 0.387 e. The highest BCUT2D eigenvalue weighted by atomic mass is 19.3. The van der Waals surface area contributed by atoms with Crippen LogP contribution in [-0.2, 0) is 0 Å². The minimum absolute atomic E-state index is 0.0410. The number of carbonyl (C=O) groups excluding carboxylic acids is 1. The van der Waals surface area contributed by atoms with Gasteiger partial charge in [-0.05, 0) is 55.3 Å². The predicted octanol–water partition coefficient (Wildman–Crippen LogP) is 4.06. The first-order valence-corrected chi connectivity index (χ1v) is 7.86. The fourth-order valence-electron chi connectivity index (χ4n) is 2.44. The second kappa shape index (κ2) is 8.46. The van der Waals surface area contributed by atoms with E-state index in [-0.39, 0.29) is 17.2 Å². The van der Waals surface area contributed by atoms with Crippen LogP contribution in [-0.4, -0.2) is 37.6 Å². The first-order valence-electron chi connectivity index (χ1n) is 7.86. The quantitative estimate of drug-likeness (QED) is 0.757. The molecule has 2 rings (SSSR count). The molecule has 0 bridgehead atoms. The third-order valence-corrected chi connectivity index (χ3v) is 3.54. The van der Waals surface area contributed by atoms with Crippen LogP contribution in [0, 0.1) is 13.8 Å². The Morgan fingerprint density at radius 1 is 1.08 bits per heavy atom. The monoisotopic (exact) mass is 349 g/mol. The fourth-order valence-corrected chi connectivity index (χ4v) is 2.44. The summed E-state index contributed by atoms with van der Waals surface area (Å²) in [6.45, 7) is 1.76. The summed E-state index contributed by atoms with van der Waals surface area (Å²) in [4.78, 5) is 13.8. The molecule has 2 aromatic rings. The van der Waals surface area contributed by atoms with Crippen molar-refractivity contribution >= 4 is 5.91 Å². The Bertz CT molecular complexity index is 714. The second-order valence-corrected chi connectivity index (χ2v) is 5.80. The lowest BCUT2D eigenvalue weighted by atomic mass is 10.1. The Morgan fingerprint density at radius 3 is 2.40 bits per heavy atom. The predicted molar refractivity (Wildman–Crippen MR) is 91.4 cm³/mol.